The van der Waals surface area contributed by atoms with Crippen LogP contribution in [0.4, 0.5) is 5.69 Å². The van der Waals surface area contributed by atoms with Gasteiger partial charge in [0, 0.05) is 19.2 Å². The van der Waals surface area contributed by atoms with E-state index >= 15 is 0 Å². The summed E-state index contributed by atoms with van der Waals surface area (Å²) in [7, 11) is 1.64. The summed E-state index contributed by atoms with van der Waals surface area (Å²) in [5, 5.41) is 6.47. The van der Waals surface area contributed by atoms with E-state index in [-0.39, 0.29) is 17.4 Å². The summed E-state index contributed by atoms with van der Waals surface area (Å²) in [5.74, 6) is 0.864. The summed E-state index contributed by atoms with van der Waals surface area (Å²) in [4.78, 5) is 12.4. The molecule has 1 heterocycles. The summed E-state index contributed by atoms with van der Waals surface area (Å²) in [6.45, 7) is 7.90. The first-order valence-electron chi connectivity index (χ1n) is 7.26. The van der Waals surface area contributed by atoms with Gasteiger partial charge in [-0.3, -0.25) is 4.79 Å². The summed E-state index contributed by atoms with van der Waals surface area (Å²) >= 11 is 0. The predicted molar refractivity (Wildman–Crippen MR) is 83.3 cm³/mol. The smallest absolute Gasteiger partial charge is 0.179 e. The lowest BCUT2D eigenvalue weighted by atomic mass is 10.0. The molecule has 116 valence electrons. The third-order valence-corrected chi connectivity index (χ3v) is 3.50. The maximum absolute atomic E-state index is 12.4. The highest BCUT2D eigenvalue weighted by Crippen LogP contribution is 2.33. The van der Waals surface area contributed by atoms with Crippen molar-refractivity contribution >= 4 is 11.5 Å². The lowest BCUT2D eigenvalue weighted by Crippen LogP contribution is -2.40. The maximum atomic E-state index is 12.4. The fourth-order valence-corrected chi connectivity index (χ4v) is 2.27. The van der Waals surface area contributed by atoms with E-state index in [2.05, 4.69) is 10.6 Å². The number of ketones is 1. The second-order valence-corrected chi connectivity index (χ2v) is 5.96. The number of ether oxygens (including phenoxy) is 2. The van der Waals surface area contributed by atoms with Gasteiger partial charge in [-0.15, -0.1) is 0 Å². The van der Waals surface area contributed by atoms with E-state index in [1.165, 1.54) is 0 Å². The second-order valence-electron chi connectivity index (χ2n) is 5.96. The van der Waals surface area contributed by atoms with Crippen LogP contribution < -0.4 is 15.4 Å². The molecular formula is C16H24N2O3. The Morgan fingerprint density at radius 1 is 1.52 bits per heavy atom. The molecule has 21 heavy (non-hydrogen) atoms. The first kappa shape index (κ1) is 15.8. The highest BCUT2D eigenvalue weighted by molar-refractivity contribution is 6.01. The van der Waals surface area contributed by atoms with Crippen LogP contribution in [0.5, 0.6) is 5.75 Å². The van der Waals surface area contributed by atoms with Crippen LogP contribution in [0.3, 0.4) is 0 Å². The van der Waals surface area contributed by atoms with Gasteiger partial charge in [0.1, 0.15) is 11.4 Å². The van der Waals surface area contributed by atoms with Crippen LogP contribution in [0.15, 0.2) is 18.2 Å². The van der Waals surface area contributed by atoms with Gasteiger partial charge in [0.2, 0.25) is 0 Å². The standard InChI is InChI=1S/C16H24N2O3/c1-11(17-7-8-20-4)15(19)12-5-6-14-13(9-12)18-10-16(2,3)21-14/h5-6,9,11,17-18H,7-8,10H2,1-4H3. The number of carbonyl (C=O) groups is 1. The molecule has 1 aliphatic rings. The molecule has 5 nitrogen and oxygen atoms in total. The van der Waals surface area contributed by atoms with Crippen molar-refractivity contribution in [1.29, 1.82) is 0 Å². The number of anilines is 1. The average Bonchev–Trinajstić information content (AvgIpc) is 2.45. The van der Waals surface area contributed by atoms with Crippen LogP contribution in [-0.4, -0.2) is 44.2 Å². The quantitative estimate of drug-likeness (QED) is 0.621. The van der Waals surface area contributed by atoms with Crippen LogP contribution in [0.1, 0.15) is 31.1 Å². The Balaban J connectivity index is 2.06. The Hall–Kier alpha value is -1.59. The maximum Gasteiger partial charge on any atom is 0.179 e. The molecule has 1 atom stereocenters. The van der Waals surface area contributed by atoms with Gasteiger partial charge in [-0.25, -0.2) is 0 Å². The minimum absolute atomic E-state index is 0.0699. The normalized spacial score (nSPS) is 17.3. The number of carbonyl (C=O) groups excluding carboxylic acids is 1. The molecule has 0 spiro atoms. The highest BCUT2D eigenvalue weighted by atomic mass is 16.5. The third kappa shape index (κ3) is 3.95. The van der Waals surface area contributed by atoms with Gasteiger partial charge in [0.05, 0.1) is 24.9 Å². The van der Waals surface area contributed by atoms with E-state index in [9.17, 15) is 4.79 Å². The highest BCUT2D eigenvalue weighted by Gasteiger charge is 2.27. The molecule has 5 heteroatoms. The average molecular weight is 292 g/mol. The predicted octanol–water partition coefficient (Wildman–Crippen LogP) is 2.08. The van der Waals surface area contributed by atoms with Gasteiger partial charge in [-0.2, -0.15) is 0 Å². The molecule has 0 saturated heterocycles. The van der Waals surface area contributed by atoms with Crippen LogP contribution in [-0.2, 0) is 4.74 Å². The van der Waals surface area contributed by atoms with Crippen molar-refractivity contribution in [3.63, 3.8) is 0 Å². The van der Waals surface area contributed by atoms with Crippen molar-refractivity contribution < 1.29 is 14.3 Å². The van der Waals surface area contributed by atoms with Crippen molar-refractivity contribution in [2.75, 3.05) is 32.1 Å². The monoisotopic (exact) mass is 292 g/mol. The molecule has 0 fully saturated rings. The van der Waals surface area contributed by atoms with Gasteiger partial charge in [0.15, 0.2) is 5.78 Å². The zero-order chi connectivity index (χ0) is 15.5. The Labute approximate surface area is 126 Å². The van der Waals surface area contributed by atoms with Crippen LogP contribution in [0.25, 0.3) is 0 Å². The topological polar surface area (TPSA) is 59.6 Å². The Bertz CT molecular complexity index is 514. The molecule has 0 bridgehead atoms. The van der Waals surface area contributed by atoms with Gasteiger partial charge in [0.25, 0.3) is 0 Å². The molecule has 1 unspecified atom stereocenters. The van der Waals surface area contributed by atoms with Gasteiger partial charge in [-0.1, -0.05) is 0 Å². The zero-order valence-electron chi connectivity index (χ0n) is 13.2. The lowest BCUT2D eigenvalue weighted by molar-refractivity contribution is 0.0944. The number of hydrogen-bond donors (Lipinski definition) is 2. The number of hydrogen-bond acceptors (Lipinski definition) is 5. The summed E-state index contributed by atoms with van der Waals surface area (Å²) in [6.07, 6.45) is 0. The van der Waals surface area contributed by atoms with Gasteiger partial charge in [-0.05, 0) is 39.0 Å². The second kappa shape index (κ2) is 6.45. The van der Waals surface area contributed by atoms with Gasteiger partial charge < -0.3 is 20.1 Å². The zero-order valence-corrected chi connectivity index (χ0v) is 13.2. The number of rotatable bonds is 6. The Morgan fingerprint density at radius 3 is 3.00 bits per heavy atom. The van der Waals surface area contributed by atoms with E-state index in [1.54, 1.807) is 7.11 Å². The van der Waals surface area contributed by atoms with Gasteiger partial charge >= 0.3 is 0 Å². The number of nitrogens with one attached hydrogen (secondary N) is 2. The minimum Gasteiger partial charge on any atom is -0.484 e. The Kier molecular flexibility index (Phi) is 4.85. The van der Waals surface area contributed by atoms with Crippen molar-refractivity contribution in [2.45, 2.75) is 32.4 Å². The largest absolute Gasteiger partial charge is 0.484 e. The van der Waals surface area contributed by atoms with Crippen LogP contribution in [0, 0.1) is 0 Å². The third-order valence-electron chi connectivity index (χ3n) is 3.50. The van der Waals surface area contributed by atoms with E-state index in [4.69, 9.17) is 9.47 Å². The SMILES string of the molecule is COCCNC(C)C(=O)c1ccc2c(c1)NCC(C)(C)O2. The molecule has 0 aliphatic carbocycles. The molecule has 1 aromatic rings. The van der Waals surface area contributed by atoms with Crippen LogP contribution in [0.2, 0.25) is 0 Å². The molecule has 1 aliphatic heterocycles. The van der Waals surface area contributed by atoms with Crippen molar-refractivity contribution in [2.24, 2.45) is 0 Å². The van der Waals surface area contributed by atoms with Crippen molar-refractivity contribution in [3.05, 3.63) is 23.8 Å². The molecule has 1 aromatic carbocycles. The van der Waals surface area contributed by atoms with E-state index in [0.717, 1.165) is 18.0 Å². The van der Waals surface area contributed by atoms with E-state index < -0.39 is 0 Å². The Morgan fingerprint density at radius 2 is 2.29 bits per heavy atom. The minimum atomic E-state index is -0.237. The number of benzene rings is 1. The lowest BCUT2D eigenvalue weighted by Gasteiger charge is -2.33. The van der Waals surface area contributed by atoms with E-state index in [1.807, 2.05) is 39.0 Å². The molecule has 2 rings (SSSR count). The molecule has 0 amide bonds. The van der Waals surface area contributed by atoms with Crippen molar-refractivity contribution in [1.82, 2.24) is 5.32 Å². The fourth-order valence-electron chi connectivity index (χ4n) is 2.27. The van der Waals surface area contributed by atoms with E-state index in [0.29, 0.717) is 18.7 Å². The molecule has 2 N–H and O–H groups in total. The number of methoxy groups -OCH3 is 1. The number of fused-ring (bicyclic) bond motifs is 1. The number of Topliss-reactive ketones (excluding diaryl/α,β-unsaturated/α-hetero) is 1. The van der Waals surface area contributed by atoms with Crippen LogP contribution >= 0.6 is 0 Å². The molecular weight excluding hydrogens is 268 g/mol. The molecule has 0 saturated carbocycles. The van der Waals surface area contributed by atoms with Crippen molar-refractivity contribution in [3.8, 4) is 5.75 Å². The summed E-state index contributed by atoms with van der Waals surface area (Å²) in [5.41, 5.74) is 1.33. The fraction of sp³-hybridized carbons (Fsp3) is 0.562. The summed E-state index contributed by atoms with van der Waals surface area (Å²) < 4.78 is 10.9. The molecule has 0 radical (unpaired) electrons. The molecule has 0 aromatic heterocycles. The first-order chi connectivity index (χ1) is 9.93. The first-order valence-corrected chi connectivity index (χ1v) is 7.26. The summed E-state index contributed by atoms with van der Waals surface area (Å²) in [6, 6.07) is 5.30.